The second kappa shape index (κ2) is 2.66. The van der Waals surface area contributed by atoms with Crippen LogP contribution in [0, 0.1) is 0 Å². The van der Waals surface area contributed by atoms with E-state index in [-0.39, 0.29) is 0 Å². The highest BCUT2D eigenvalue weighted by atomic mass is 32.3. The third-order valence-electron chi connectivity index (χ3n) is 0.412. The van der Waals surface area contributed by atoms with Gasteiger partial charge in [-0.05, 0) is 0 Å². The maximum atomic E-state index is 11.1. The van der Waals surface area contributed by atoms with Gasteiger partial charge in [0.2, 0.25) is 0 Å². The van der Waals surface area contributed by atoms with Crippen molar-refractivity contribution in [1.82, 2.24) is 0 Å². The molecule has 0 aromatic carbocycles. The predicted octanol–water partition coefficient (Wildman–Crippen LogP) is -0.105. The molecule has 0 heterocycles. The molecule has 0 aromatic rings. The fourth-order valence-corrected chi connectivity index (χ4v) is 0.429. The maximum absolute atomic E-state index is 11.1. The first-order chi connectivity index (χ1) is 4.63. The van der Waals surface area contributed by atoms with E-state index in [1.54, 1.807) is 0 Å². The lowest BCUT2D eigenvalue weighted by atomic mass is 10.7. The number of halogens is 3. The van der Waals surface area contributed by atoms with Gasteiger partial charge in [-0.15, -0.1) is 0 Å². The van der Waals surface area contributed by atoms with Crippen molar-refractivity contribution in [2.75, 3.05) is 0 Å². The molecule has 0 radical (unpaired) electrons. The summed E-state index contributed by atoms with van der Waals surface area (Å²) in [5.41, 5.74) is 0. The van der Waals surface area contributed by atoms with E-state index in [1.807, 2.05) is 0 Å². The van der Waals surface area contributed by atoms with Crippen molar-refractivity contribution in [3.8, 4) is 0 Å². The fourth-order valence-electron chi connectivity index (χ4n) is 0.143. The quantitative estimate of drug-likeness (QED) is 0.589. The van der Waals surface area contributed by atoms with Gasteiger partial charge in [0, 0.05) is 0 Å². The number of hydrogen-bond donors (Lipinski definition) is 1. The molecule has 0 aliphatic heterocycles. The first-order valence-corrected chi connectivity index (χ1v) is 3.27. The highest BCUT2D eigenvalue weighted by Crippen LogP contribution is 2.17. The Bertz CT molecular complexity index is 249. The molecule has 0 saturated heterocycles. The van der Waals surface area contributed by atoms with Crippen LogP contribution in [0.1, 0.15) is 0 Å². The highest BCUT2D eigenvalue weighted by molar-refractivity contribution is 7.81. The second-order valence-electron chi connectivity index (χ2n) is 1.30. The summed E-state index contributed by atoms with van der Waals surface area (Å²) in [7, 11) is -5.38. The van der Waals surface area contributed by atoms with Crippen LogP contribution in [-0.4, -0.2) is 25.1 Å². The van der Waals surface area contributed by atoms with Crippen LogP contribution in [0.4, 0.5) is 13.2 Å². The van der Waals surface area contributed by atoms with E-state index in [9.17, 15) is 26.4 Å². The smallest absolute Gasteiger partial charge is 0.316 e. The summed E-state index contributed by atoms with van der Waals surface area (Å²) in [6, 6.07) is 0. The lowest BCUT2D eigenvalue weighted by molar-refractivity contribution is -0.189. The van der Waals surface area contributed by atoms with Crippen molar-refractivity contribution in [2.24, 2.45) is 0 Å². The molecule has 5 nitrogen and oxygen atoms in total. The van der Waals surface area contributed by atoms with Crippen LogP contribution in [-0.2, 0) is 19.4 Å². The largest absolute Gasteiger partial charge is 0.492 e. The zero-order chi connectivity index (χ0) is 9.28. The molecule has 11 heavy (non-hydrogen) atoms. The van der Waals surface area contributed by atoms with Gasteiger partial charge in [0.1, 0.15) is 0 Å². The minimum absolute atomic E-state index is 2.57. The monoisotopic (exact) mass is 194 g/mol. The number of rotatable bonds is 1. The van der Waals surface area contributed by atoms with Crippen LogP contribution in [0.25, 0.3) is 0 Å². The predicted molar refractivity (Wildman–Crippen MR) is 23.7 cm³/mol. The average Bonchev–Trinajstić information content (AvgIpc) is 1.56. The van der Waals surface area contributed by atoms with Crippen LogP contribution >= 0.6 is 0 Å². The maximum Gasteiger partial charge on any atom is 0.492 e. The Hall–Kier alpha value is -0.830. The average molecular weight is 194 g/mol. The molecule has 0 fully saturated rings. The fraction of sp³-hybridized carbons (Fsp3) is 0.500. The summed E-state index contributed by atoms with van der Waals surface area (Å²) in [5.74, 6) is -2.99. The van der Waals surface area contributed by atoms with Crippen molar-refractivity contribution in [2.45, 2.75) is 6.18 Å². The van der Waals surface area contributed by atoms with Gasteiger partial charge in [0.15, 0.2) is 0 Å². The van der Waals surface area contributed by atoms with Crippen LogP contribution in [0.2, 0.25) is 0 Å². The third-order valence-corrected chi connectivity index (χ3v) is 0.774. The Kier molecular flexibility index (Phi) is 2.46. The number of alkyl halides is 3. The van der Waals surface area contributed by atoms with Crippen molar-refractivity contribution in [3.05, 3.63) is 0 Å². The Labute approximate surface area is 58.7 Å². The molecule has 1 N–H and O–H groups in total. The number of hydrogen-bond acceptors (Lipinski definition) is 4. The normalized spacial score (nSPS) is 12.7. The Morgan fingerprint density at radius 3 is 1.82 bits per heavy atom. The van der Waals surface area contributed by atoms with E-state index in [1.165, 1.54) is 0 Å². The van der Waals surface area contributed by atoms with Gasteiger partial charge in [0.25, 0.3) is 0 Å². The van der Waals surface area contributed by atoms with E-state index in [4.69, 9.17) is 4.55 Å². The molecule has 0 amide bonds. The van der Waals surface area contributed by atoms with E-state index in [2.05, 4.69) is 4.18 Å². The van der Waals surface area contributed by atoms with E-state index in [0.717, 1.165) is 0 Å². The lowest BCUT2D eigenvalue weighted by Gasteiger charge is -2.01. The molecular formula is C2HF3O5S. The van der Waals surface area contributed by atoms with Gasteiger partial charge in [-0.2, -0.15) is 21.6 Å². The highest BCUT2D eigenvalue weighted by Gasteiger charge is 2.43. The Balaban J connectivity index is 4.35. The van der Waals surface area contributed by atoms with Gasteiger partial charge < -0.3 is 4.18 Å². The molecule has 0 aliphatic carbocycles. The molecule has 0 rings (SSSR count). The molecule has 0 atom stereocenters. The number of carbonyl (C=O) groups excluding carboxylic acids is 1. The third kappa shape index (κ3) is 4.56. The summed E-state index contributed by atoms with van der Waals surface area (Å²) in [6.07, 6.45) is -5.43. The number of carbonyl (C=O) groups is 1. The first kappa shape index (κ1) is 10.2. The molecule has 0 saturated carbocycles. The van der Waals surface area contributed by atoms with Gasteiger partial charge in [0.05, 0.1) is 0 Å². The summed E-state index contributed by atoms with van der Waals surface area (Å²) in [6.45, 7) is 0. The SMILES string of the molecule is O=C(OS(=O)(=O)O)C(F)(F)F. The summed E-state index contributed by atoms with van der Waals surface area (Å²) < 4.78 is 62.5. The first-order valence-electron chi connectivity index (χ1n) is 1.91. The van der Waals surface area contributed by atoms with Crippen LogP contribution in [0.5, 0.6) is 0 Å². The zero-order valence-corrected chi connectivity index (χ0v) is 5.44. The van der Waals surface area contributed by atoms with Gasteiger partial charge in [-0.25, -0.2) is 4.79 Å². The molecule has 0 spiro atoms. The van der Waals surface area contributed by atoms with Gasteiger partial charge in [-0.1, -0.05) is 0 Å². The molecule has 66 valence electrons. The van der Waals surface area contributed by atoms with Crippen LogP contribution in [0.15, 0.2) is 0 Å². The van der Waals surface area contributed by atoms with Crippen molar-refractivity contribution in [3.63, 3.8) is 0 Å². The second-order valence-corrected chi connectivity index (χ2v) is 2.32. The molecule has 0 bridgehead atoms. The Morgan fingerprint density at radius 2 is 1.73 bits per heavy atom. The van der Waals surface area contributed by atoms with Crippen LogP contribution in [0.3, 0.4) is 0 Å². The zero-order valence-electron chi connectivity index (χ0n) is 4.62. The Morgan fingerprint density at radius 1 is 1.36 bits per heavy atom. The minimum atomic E-state index is -5.43. The van der Waals surface area contributed by atoms with Crippen molar-refractivity contribution >= 4 is 16.4 Å². The topological polar surface area (TPSA) is 80.7 Å². The molecular weight excluding hydrogens is 193 g/mol. The summed E-state index contributed by atoms with van der Waals surface area (Å²) in [4.78, 5) is 9.59. The molecule has 0 aromatic heterocycles. The standard InChI is InChI=1S/C2HF3O5S/c3-2(4,5)1(6)10-11(7,8)9/h(H,7,8,9). The van der Waals surface area contributed by atoms with Crippen molar-refractivity contribution in [1.29, 1.82) is 0 Å². The van der Waals surface area contributed by atoms with E-state index >= 15 is 0 Å². The molecule has 0 aliphatic rings. The van der Waals surface area contributed by atoms with Gasteiger partial charge in [-0.3, -0.25) is 4.55 Å². The van der Waals surface area contributed by atoms with E-state index < -0.39 is 22.5 Å². The van der Waals surface area contributed by atoms with Gasteiger partial charge >= 0.3 is 22.5 Å². The summed E-state index contributed by atoms with van der Waals surface area (Å²) >= 11 is 0. The van der Waals surface area contributed by atoms with Crippen molar-refractivity contribution < 1.29 is 35.1 Å². The van der Waals surface area contributed by atoms with E-state index in [0.29, 0.717) is 0 Å². The minimum Gasteiger partial charge on any atom is -0.316 e. The molecule has 0 unspecified atom stereocenters. The van der Waals surface area contributed by atoms with Crippen LogP contribution < -0.4 is 0 Å². The summed E-state index contributed by atoms with van der Waals surface area (Å²) in [5, 5.41) is 0. The lowest BCUT2D eigenvalue weighted by Crippen LogP contribution is -2.27. The molecule has 9 heteroatoms.